The Morgan fingerprint density at radius 1 is 1.53 bits per heavy atom. The normalized spacial score (nSPS) is 21.7. The Bertz CT molecular complexity index is 315. The van der Waals surface area contributed by atoms with Crippen LogP contribution in [0.15, 0.2) is 22.8 Å². The van der Waals surface area contributed by atoms with Gasteiger partial charge in [-0.15, -0.1) is 0 Å². The molecule has 2 rings (SSSR count). The second kappa shape index (κ2) is 4.94. The first-order valence-corrected chi connectivity index (χ1v) is 6.06. The molecule has 1 aromatic heterocycles. The number of nitrogens with zero attached hydrogens (tertiary/aromatic N) is 2. The van der Waals surface area contributed by atoms with Gasteiger partial charge in [0.05, 0.1) is 0 Å². The lowest BCUT2D eigenvalue weighted by atomic mass is 9.99. The number of halogens is 1. The highest BCUT2D eigenvalue weighted by Gasteiger charge is 2.19. The van der Waals surface area contributed by atoms with Crippen molar-refractivity contribution in [3.05, 3.63) is 22.8 Å². The molecule has 0 aromatic carbocycles. The smallest absolute Gasteiger partial charge is 0.128 e. The molecular formula is C11H15BrN2O. The van der Waals surface area contributed by atoms with E-state index < -0.39 is 0 Å². The number of rotatable bonds is 2. The molecule has 4 heteroatoms. The molecule has 1 fully saturated rings. The molecule has 3 nitrogen and oxygen atoms in total. The molecule has 0 aliphatic carbocycles. The summed E-state index contributed by atoms with van der Waals surface area (Å²) in [6.45, 7) is 2.25. The maximum Gasteiger partial charge on any atom is 0.128 e. The standard InChI is InChI=1S/C11H15BrN2O/c12-10-3-4-11(13-6-10)14-5-1-2-9(7-14)8-15/h3-4,6,9,15H,1-2,5,7-8H2/t9-/m1/s1. The molecule has 1 atom stereocenters. The van der Waals surface area contributed by atoms with Crippen LogP contribution >= 0.6 is 15.9 Å². The van der Waals surface area contributed by atoms with Crippen LogP contribution in [0, 0.1) is 5.92 Å². The third-order valence-electron chi connectivity index (χ3n) is 2.81. The van der Waals surface area contributed by atoms with E-state index in [2.05, 4.69) is 25.8 Å². The molecule has 1 aliphatic heterocycles. The van der Waals surface area contributed by atoms with Crippen molar-refractivity contribution in [3.63, 3.8) is 0 Å². The lowest BCUT2D eigenvalue weighted by Crippen LogP contribution is -2.37. The molecule has 1 aliphatic rings. The second-order valence-corrected chi connectivity index (χ2v) is 4.89. The van der Waals surface area contributed by atoms with Gasteiger partial charge in [0, 0.05) is 30.4 Å². The second-order valence-electron chi connectivity index (χ2n) is 3.97. The number of aliphatic hydroxyl groups excluding tert-OH is 1. The van der Waals surface area contributed by atoms with Gasteiger partial charge in [0.1, 0.15) is 5.82 Å². The third kappa shape index (κ3) is 2.69. The summed E-state index contributed by atoms with van der Waals surface area (Å²) in [4.78, 5) is 6.61. The van der Waals surface area contributed by atoms with Gasteiger partial charge in [-0.2, -0.15) is 0 Å². The molecular weight excluding hydrogens is 256 g/mol. The van der Waals surface area contributed by atoms with Gasteiger partial charge in [-0.05, 0) is 46.8 Å². The average Bonchev–Trinajstić information content (AvgIpc) is 2.30. The van der Waals surface area contributed by atoms with Gasteiger partial charge in [0.25, 0.3) is 0 Å². The third-order valence-corrected chi connectivity index (χ3v) is 3.28. The largest absolute Gasteiger partial charge is 0.396 e. The Balaban J connectivity index is 2.06. The van der Waals surface area contributed by atoms with Crippen molar-refractivity contribution >= 4 is 21.7 Å². The Kier molecular flexibility index (Phi) is 3.59. The Morgan fingerprint density at radius 3 is 3.07 bits per heavy atom. The highest BCUT2D eigenvalue weighted by Crippen LogP contribution is 2.22. The van der Waals surface area contributed by atoms with Gasteiger partial charge < -0.3 is 10.0 Å². The molecule has 2 heterocycles. The molecule has 0 bridgehead atoms. The van der Waals surface area contributed by atoms with Crippen molar-refractivity contribution in [1.82, 2.24) is 4.98 Å². The van der Waals surface area contributed by atoms with Crippen LogP contribution in [0.2, 0.25) is 0 Å². The number of hydrogen-bond donors (Lipinski definition) is 1. The zero-order valence-corrected chi connectivity index (χ0v) is 10.2. The van der Waals surface area contributed by atoms with Gasteiger partial charge in [0.2, 0.25) is 0 Å². The van der Waals surface area contributed by atoms with E-state index in [4.69, 9.17) is 5.11 Å². The summed E-state index contributed by atoms with van der Waals surface area (Å²) in [6.07, 6.45) is 4.09. The topological polar surface area (TPSA) is 36.4 Å². The molecule has 0 radical (unpaired) electrons. The van der Waals surface area contributed by atoms with Crippen molar-refractivity contribution in [3.8, 4) is 0 Å². The van der Waals surface area contributed by atoms with E-state index in [0.717, 1.165) is 36.2 Å². The maximum absolute atomic E-state index is 9.15. The van der Waals surface area contributed by atoms with E-state index in [0.29, 0.717) is 5.92 Å². The SMILES string of the molecule is OC[C@@H]1CCCN(c2ccc(Br)cn2)C1. The fourth-order valence-corrected chi connectivity index (χ4v) is 2.21. The lowest BCUT2D eigenvalue weighted by Gasteiger charge is -2.32. The summed E-state index contributed by atoms with van der Waals surface area (Å²) < 4.78 is 1.00. The predicted octanol–water partition coefficient (Wildman–Crippen LogP) is 2.05. The van der Waals surface area contributed by atoms with Crippen molar-refractivity contribution in [2.45, 2.75) is 12.8 Å². The first-order chi connectivity index (χ1) is 7.29. The number of aliphatic hydroxyl groups is 1. The Morgan fingerprint density at radius 2 is 2.40 bits per heavy atom. The number of anilines is 1. The molecule has 0 spiro atoms. The number of hydrogen-bond acceptors (Lipinski definition) is 3. The summed E-state index contributed by atoms with van der Waals surface area (Å²) in [5.74, 6) is 1.42. The zero-order valence-electron chi connectivity index (χ0n) is 8.56. The van der Waals surface area contributed by atoms with Crippen LogP contribution in [0.1, 0.15) is 12.8 Å². The van der Waals surface area contributed by atoms with Gasteiger partial charge in [0.15, 0.2) is 0 Å². The van der Waals surface area contributed by atoms with E-state index in [1.807, 2.05) is 18.3 Å². The van der Waals surface area contributed by atoms with Gasteiger partial charge in [-0.25, -0.2) is 4.98 Å². The molecule has 1 N–H and O–H groups in total. The fourth-order valence-electron chi connectivity index (χ4n) is 1.98. The van der Waals surface area contributed by atoms with Crippen LogP contribution in [0.4, 0.5) is 5.82 Å². The number of pyridine rings is 1. The van der Waals surface area contributed by atoms with Crippen molar-refractivity contribution in [2.75, 3.05) is 24.6 Å². The fraction of sp³-hybridized carbons (Fsp3) is 0.545. The van der Waals surface area contributed by atoms with Crippen LogP contribution in [-0.2, 0) is 0 Å². The number of aromatic nitrogens is 1. The zero-order chi connectivity index (χ0) is 10.7. The highest BCUT2D eigenvalue weighted by molar-refractivity contribution is 9.10. The van der Waals surface area contributed by atoms with Crippen molar-refractivity contribution < 1.29 is 5.11 Å². The quantitative estimate of drug-likeness (QED) is 0.894. The minimum Gasteiger partial charge on any atom is -0.396 e. The summed E-state index contributed by atoms with van der Waals surface area (Å²) in [5.41, 5.74) is 0. The van der Waals surface area contributed by atoms with Crippen LogP contribution in [-0.4, -0.2) is 29.8 Å². The monoisotopic (exact) mass is 270 g/mol. The summed E-state index contributed by atoms with van der Waals surface area (Å²) in [5, 5.41) is 9.15. The van der Waals surface area contributed by atoms with Gasteiger partial charge >= 0.3 is 0 Å². The van der Waals surface area contributed by atoms with E-state index in [1.54, 1.807) is 0 Å². The summed E-state index contributed by atoms with van der Waals surface area (Å²) in [7, 11) is 0. The highest BCUT2D eigenvalue weighted by atomic mass is 79.9. The van der Waals surface area contributed by atoms with Crippen LogP contribution in [0.3, 0.4) is 0 Å². The minimum absolute atomic E-state index is 0.285. The van der Waals surface area contributed by atoms with Gasteiger partial charge in [-0.3, -0.25) is 0 Å². The molecule has 0 saturated carbocycles. The summed E-state index contributed by atoms with van der Waals surface area (Å²) in [6, 6.07) is 4.02. The lowest BCUT2D eigenvalue weighted by molar-refractivity contribution is 0.208. The maximum atomic E-state index is 9.15. The van der Waals surface area contributed by atoms with Crippen molar-refractivity contribution in [2.24, 2.45) is 5.92 Å². The van der Waals surface area contributed by atoms with Crippen LogP contribution < -0.4 is 4.90 Å². The Hall–Kier alpha value is -0.610. The number of piperidine rings is 1. The van der Waals surface area contributed by atoms with E-state index in [9.17, 15) is 0 Å². The first kappa shape index (κ1) is 10.9. The Labute approximate surface area is 98.3 Å². The predicted molar refractivity (Wildman–Crippen MR) is 64.0 cm³/mol. The van der Waals surface area contributed by atoms with E-state index in [-0.39, 0.29) is 6.61 Å². The van der Waals surface area contributed by atoms with Gasteiger partial charge in [-0.1, -0.05) is 0 Å². The molecule has 0 amide bonds. The average molecular weight is 271 g/mol. The minimum atomic E-state index is 0.285. The molecule has 1 aromatic rings. The summed E-state index contributed by atoms with van der Waals surface area (Å²) >= 11 is 3.37. The first-order valence-electron chi connectivity index (χ1n) is 5.27. The molecule has 0 unspecified atom stereocenters. The molecule has 82 valence electrons. The van der Waals surface area contributed by atoms with Crippen molar-refractivity contribution in [1.29, 1.82) is 0 Å². The van der Waals surface area contributed by atoms with Crippen LogP contribution in [0.25, 0.3) is 0 Å². The molecule has 1 saturated heterocycles. The van der Waals surface area contributed by atoms with Crippen LogP contribution in [0.5, 0.6) is 0 Å². The van der Waals surface area contributed by atoms with E-state index >= 15 is 0 Å². The van der Waals surface area contributed by atoms with E-state index in [1.165, 1.54) is 0 Å². The molecule has 15 heavy (non-hydrogen) atoms.